The lowest BCUT2D eigenvalue weighted by Crippen LogP contribution is -2.57. The highest BCUT2D eigenvalue weighted by Crippen LogP contribution is 2.27. The fraction of sp³-hybridized carbons (Fsp3) is 0.600. The summed E-state index contributed by atoms with van der Waals surface area (Å²) in [6.45, 7) is 5.90. The van der Waals surface area contributed by atoms with Gasteiger partial charge in [0.1, 0.15) is 0 Å². The van der Waals surface area contributed by atoms with Crippen LogP contribution >= 0.6 is 11.6 Å². The quantitative estimate of drug-likeness (QED) is 0.797. The first kappa shape index (κ1) is 19.5. The van der Waals surface area contributed by atoms with Crippen LogP contribution < -0.4 is 10.6 Å². The largest absolute Gasteiger partial charge is 0.375 e. The molecule has 1 aromatic carbocycles. The summed E-state index contributed by atoms with van der Waals surface area (Å²) in [4.78, 5) is 9.18. The van der Waals surface area contributed by atoms with Crippen molar-refractivity contribution in [1.82, 2.24) is 20.1 Å². The van der Waals surface area contributed by atoms with Crippen LogP contribution in [0.5, 0.6) is 0 Å². The van der Waals surface area contributed by atoms with Gasteiger partial charge >= 0.3 is 0 Å². The van der Waals surface area contributed by atoms with Gasteiger partial charge < -0.3 is 15.4 Å². The molecule has 8 heteroatoms. The third-order valence-electron chi connectivity index (χ3n) is 5.95. The molecule has 0 bridgehead atoms. The fourth-order valence-electron chi connectivity index (χ4n) is 4.35. The molecule has 2 atom stereocenters. The van der Waals surface area contributed by atoms with Gasteiger partial charge in [0.25, 0.3) is 0 Å². The molecule has 4 rings (SSSR count). The predicted octanol–water partition coefficient (Wildman–Crippen LogP) is 2.73. The van der Waals surface area contributed by atoms with Crippen LogP contribution in [-0.4, -0.2) is 64.5 Å². The number of hydrogen-bond acceptors (Lipinski definition) is 6. The molecule has 2 aliphatic rings. The maximum Gasteiger partial charge on any atom is 0.246 e. The molecule has 0 radical (unpaired) electrons. The molecule has 0 aliphatic carbocycles. The molecule has 3 heterocycles. The van der Waals surface area contributed by atoms with Gasteiger partial charge in [-0.05, 0) is 43.4 Å². The Labute approximate surface area is 171 Å². The number of nitrogens with one attached hydrogen (secondary N) is 1. The minimum Gasteiger partial charge on any atom is -0.375 e. The van der Waals surface area contributed by atoms with Gasteiger partial charge in [-0.1, -0.05) is 30.7 Å². The van der Waals surface area contributed by atoms with Gasteiger partial charge in [-0.25, -0.2) is 5.10 Å². The molecule has 2 saturated heterocycles. The molecule has 1 aromatic heterocycles. The number of nitrogens with zero attached hydrogens (tertiary/aromatic N) is 4. The summed E-state index contributed by atoms with van der Waals surface area (Å²) in [7, 11) is 0. The summed E-state index contributed by atoms with van der Waals surface area (Å²) in [5.41, 5.74) is 6.99. The lowest BCUT2D eigenvalue weighted by atomic mass is 9.96. The molecular formula is C20H29ClN6O. The maximum absolute atomic E-state index is 6.13. The van der Waals surface area contributed by atoms with Crippen LogP contribution in [0, 0.1) is 0 Å². The molecule has 0 spiro atoms. The van der Waals surface area contributed by atoms with Crippen molar-refractivity contribution in [1.29, 1.82) is 0 Å². The van der Waals surface area contributed by atoms with E-state index in [2.05, 4.69) is 44.0 Å². The Kier molecular flexibility index (Phi) is 6.04. The molecule has 2 aromatic rings. The molecule has 28 heavy (non-hydrogen) atoms. The predicted molar refractivity (Wildman–Crippen MR) is 112 cm³/mol. The van der Waals surface area contributed by atoms with Crippen LogP contribution in [-0.2, 0) is 11.2 Å². The molecule has 7 nitrogen and oxygen atoms in total. The van der Waals surface area contributed by atoms with Gasteiger partial charge in [0.15, 0.2) is 0 Å². The van der Waals surface area contributed by atoms with Crippen molar-refractivity contribution < 1.29 is 4.74 Å². The summed E-state index contributed by atoms with van der Waals surface area (Å²) in [5, 5.41) is 7.72. The van der Waals surface area contributed by atoms with Crippen molar-refractivity contribution in [3.63, 3.8) is 0 Å². The number of benzene rings is 1. The number of ether oxygens (including phenoxy) is 1. The SMILES string of the molecule is CCC1CN(C2CCN(c3n[nH]c(N)n3)CC2)C(Cc2ccc(Cl)cc2)CO1. The van der Waals surface area contributed by atoms with Gasteiger partial charge in [-0.2, -0.15) is 4.98 Å². The number of piperidine rings is 1. The number of aromatic amines is 1. The zero-order valence-electron chi connectivity index (χ0n) is 16.4. The molecule has 0 amide bonds. The molecule has 152 valence electrons. The smallest absolute Gasteiger partial charge is 0.246 e. The van der Waals surface area contributed by atoms with Crippen LogP contribution in [0.15, 0.2) is 24.3 Å². The molecule has 2 unspecified atom stereocenters. The van der Waals surface area contributed by atoms with Crippen LogP contribution in [0.4, 0.5) is 11.9 Å². The first-order valence-electron chi connectivity index (χ1n) is 10.2. The molecule has 0 saturated carbocycles. The van der Waals surface area contributed by atoms with Crippen molar-refractivity contribution in [2.24, 2.45) is 0 Å². The lowest BCUT2D eigenvalue weighted by molar-refractivity contribution is -0.0828. The number of halogens is 1. The van der Waals surface area contributed by atoms with Gasteiger partial charge in [0, 0.05) is 36.7 Å². The summed E-state index contributed by atoms with van der Waals surface area (Å²) < 4.78 is 6.13. The number of hydrogen-bond donors (Lipinski definition) is 2. The van der Waals surface area contributed by atoms with Gasteiger partial charge in [-0.3, -0.25) is 4.90 Å². The number of aromatic nitrogens is 3. The van der Waals surface area contributed by atoms with Crippen LogP contribution in [0.2, 0.25) is 5.02 Å². The Bertz CT molecular complexity index is 758. The molecular weight excluding hydrogens is 376 g/mol. The molecule has 2 aliphatic heterocycles. The van der Waals surface area contributed by atoms with E-state index in [1.807, 2.05) is 12.1 Å². The standard InChI is InChI=1S/C20H29ClN6O/c1-2-18-12-27(17(13-28-18)11-14-3-5-15(21)6-4-14)16-7-9-26(10-8-16)20-23-19(22)24-25-20/h3-6,16-18H,2,7-13H2,1H3,(H3,22,23,24,25). The Morgan fingerprint density at radius 3 is 2.64 bits per heavy atom. The van der Waals surface area contributed by atoms with Gasteiger partial charge in [0.2, 0.25) is 11.9 Å². The first-order valence-corrected chi connectivity index (χ1v) is 10.5. The number of nitrogens with two attached hydrogens (primary N) is 1. The topological polar surface area (TPSA) is 83.3 Å². The van der Waals surface area contributed by atoms with E-state index in [9.17, 15) is 0 Å². The Balaban J connectivity index is 1.42. The lowest BCUT2D eigenvalue weighted by Gasteiger charge is -2.46. The minimum absolute atomic E-state index is 0.326. The first-order chi connectivity index (χ1) is 13.6. The normalized spacial score (nSPS) is 24.6. The number of nitrogen functional groups attached to an aromatic ring is 1. The summed E-state index contributed by atoms with van der Waals surface area (Å²) >= 11 is 6.05. The average molecular weight is 405 g/mol. The highest BCUT2D eigenvalue weighted by molar-refractivity contribution is 6.30. The van der Waals surface area contributed by atoms with Gasteiger partial charge in [0.05, 0.1) is 12.7 Å². The van der Waals surface area contributed by atoms with Gasteiger partial charge in [-0.15, -0.1) is 5.10 Å². The second-order valence-corrected chi connectivity index (χ2v) is 8.22. The second-order valence-electron chi connectivity index (χ2n) is 7.78. The van der Waals surface area contributed by atoms with E-state index < -0.39 is 0 Å². The van der Waals surface area contributed by atoms with Crippen molar-refractivity contribution in [3.8, 4) is 0 Å². The number of H-pyrrole nitrogens is 1. The van der Waals surface area contributed by atoms with Crippen LogP contribution in [0.25, 0.3) is 0 Å². The molecule has 3 N–H and O–H groups in total. The monoisotopic (exact) mass is 404 g/mol. The van der Waals surface area contributed by atoms with Crippen molar-refractivity contribution >= 4 is 23.5 Å². The number of morpholine rings is 1. The zero-order valence-corrected chi connectivity index (χ0v) is 17.1. The van der Waals surface area contributed by atoms with Crippen LogP contribution in [0.1, 0.15) is 31.7 Å². The third-order valence-corrected chi connectivity index (χ3v) is 6.21. The van der Waals surface area contributed by atoms with E-state index in [-0.39, 0.29) is 0 Å². The second kappa shape index (κ2) is 8.68. The van der Waals surface area contributed by atoms with E-state index in [1.165, 1.54) is 5.56 Å². The van der Waals surface area contributed by atoms with Crippen molar-refractivity contribution in [2.75, 3.05) is 36.9 Å². The van der Waals surface area contributed by atoms with Crippen molar-refractivity contribution in [3.05, 3.63) is 34.9 Å². The van der Waals surface area contributed by atoms with E-state index >= 15 is 0 Å². The average Bonchev–Trinajstić information content (AvgIpc) is 3.16. The summed E-state index contributed by atoms with van der Waals surface area (Å²) in [6.07, 6.45) is 4.57. The number of rotatable bonds is 5. The number of anilines is 2. The third kappa shape index (κ3) is 4.42. The highest BCUT2D eigenvalue weighted by atomic mass is 35.5. The summed E-state index contributed by atoms with van der Waals surface area (Å²) in [5.74, 6) is 1.08. The summed E-state index contributed by atoms with van der Waals surface area (Å²) in [6, 6.07) is 9.16. The van der Waals surface area contributed by atoms with E-state index in [1.54, 1.807) is 0 Å². The fourth-order valence-corrected chi connectivity index (χ4v) is 4.47. The Hall–Kier alpha value is -1.83. The van der Waals surface area contributed by atoms with E-state index in [4.69, 9.17) is 22.1 Å². The zero-order chi connectivity index (χ0) is 19.5. The highest BCUT2D eigenvalue weighted by Gasteiger charge is 2.35. The van der Waals surface area contributed by atoms with E-state index in [0.717, 1.165) is 56.9 Å². The minimum atomic E-state index is 0.326. The van der Waals surface area contributed by atoms with E-state index in [0.29, 0.717) is 30.1 Å². The van der Waals surface area contributed by atoms with Crippen LogP contribution in [0.3, 0.4) is 0 Å². The molecule has 2 fully saturated rings. The Morgan fingerprint density at radius 1 is 1.25 bits per heavy atom. The van der Waals surface area contributed by atoms with Crippen molar-refractivity contribution in [2.45, 2.75) is 50.8 Å². The Morgan fingerprint density at radius 2 is 2.00 bits per heavy atom. The maximum atomic E-state index is 6.13.